The van der Waals surface area contributed by atoms with Crippen LogP contribution in [0.1, 0.15) is 64.4 Å². The van der Waals surface area contributed by atoms with Crippen molar-refractivity contribution in [3.63, 3.8) is 0 Å². The first kappa shape index (κ1) is 22.9. The standard InChI is InChI=1S/C23H35N3O3/c1-3-5-13-18(4-2)21(27)26-20(16-17-11-7-6-8-12-17)23(29)25-19-14-9-10-15-24-22(19)28/h6-8,11-12,18-20H,3-5,9-10,13-16H2,1-2H3,(H,24,28)(H,25,29)(H,26,27). The van der Waals surface area contributed by atoms with Gasteiger partial charge in [-0.1, -0.05) is 57.0 Å². The molecule has 1 aromatic carbocycles. The van der Waals surface area contributed by atoms with Gasteiger partial charge in [0.2, 0.25) is 17.7 Å². The number of carbonyl (C=O) groups excluding carboxylic acids is 3. The van der Waals surface area contributed by atoms with Crippen LogP contribution in [0, 0.1) is 5.92 Å². The van der Waals surface area contributed by atoms with Crippen LogP contribution in [0.2, 0.25) is 0 Å². The van der Waals surface area contributed by atoms with Crippen molar-refractivity contribution < 1.29 is 14.4 Å². The molecule has 29 heavy (non-hydrogen) atoms. The van der Waals surface area contributed by atoms with Crippen LogP contribution < -0.4 is 16.0 Å². The molecule has 0 spiro atoms. The first-order valence-electron chi connectivity index (χ1n) is 11.0. The van der Waals surface area contributed by atoms with Crippen molar-refractivity contribution >= 4 is 17.7 Å². The highest BCUT2D eigenvalue weighted by Gasteiger charge is 2.29. The predicted octanol–water partition coefficient (Wildman–Crippen LogP) is 2.72. The van der Waals surface area contributed by atoms with E-state index in [4.69, 9.17) is 0 Å². The highest BCUT2D eigenvalue weighted by atomic mass is 16.2. The Kier molecular flexibility index (Phi) is 9.68. The van der Waals surface area contributed by atoms with Gasteiger partial charge in [-0.2, -0.15) is 0 Å². The van der Waals surface area contributed by atoms with Gasteiger partial charge in [0.05, 0.1) is 0 Å². The lowest BCUT2D eigenvalue weighted by Crippen LogP contribution is -2.54. The van der Waals surface area contributed by atoms with Gasteiger partial charge in [-0.05, 0) is 37.7 Å². The molecule has 1 heterocycles. The Balaban J connectivity index is 2.09. The average Bonchev–Trinajstić information content (AvgIpc) is 2.93. The summed E-state index contributed by atoms with van der Waals surface area (Å²) in [7, 11) is 0. The zero-order valence-electron chi connectivity index (χ0n) is 17.7. The smallest absolute Gasteiger partial charge is 0.243 e. The van der Waals surface area contributed by atoms with Crippen molar-refractivity contribution in [2.24, 2.45) is 5.92 Å². The van der Waals surface area contributed by atoms with Gasteiger partial charge >= 0.3 is 0 Å². The molecule has 3 amide bonds. The SMILES string of the molecule is CCCCC(CC)C(=O)NC(Cc1ccccc1)C(=O)NC1CCCCNC1=O. The largest absolute Gasteiger partial charge is 0.354 e. The third kappa shape index (κ3) is 7.52. The maximum Gasteiger partial charge on any atom is 0.243 e. The highest BCUT2D eigenvalue weighted by Crippen LogP contribution is 2.14. The number of hydrogen-bond donors (Lipinski definition) is 3. The summed E-state index contributed by atoms with van der Waals surface area (Å²) in [4.78, 5) is 38.1. The second-order valence-corrected chi connectivity index (χ2v) is 7.85. The number of unbranched alkanes of at least 4 members (excludes halogenated alkanes) is 1. The number of hydrogen-bond acceptors (Lipinski definition) is 3. The lowest BCUT2D eigenvalue weighted by Gasteiger charge is -2.24. The normalized spacial score (nSPS) is 18.8. The molecule has 1 aliphatic rings. The first-order valence-corrected chi connectivity index (χ1v) is 11.0. The van der Waals surface area contributed by atoms with Crippen molar-refractivity contribution in [3.8, 4) is 0 Å². The fourth-order valence-electron chi connectivity index (χ4n) is 3.67. The molecule has 0 radical (unpaired) electrons. The van der Waals surface area contributed by atoms with Crippen LogP contribution in [0.15, 0.2) is 30.3 Å². The van der Waals surface area contributed by atoms with Crippen LogP contribution in [0.5, 0.6) is 0 Å². The summed E-state index contributed by atoms with van der Waals surface area (Å²) in [6.07, 6.45) is 6.42. The molecule has 1 aromatic rings. The van der Waals surface area contributed by atoms with E-state index >= 15 is 0 Å². The van der Waals surface area contributed by atoms with Gasteiger partial charge in [0.1, 0.15) is 12.1 Å². The monoisotopic (exact) mass is 401 g/mol. The Hall–Kier alpha value is -2.37. The van der Waals surface area contributed by atoms with Crippen molar-refractivity contribution in [3.05, 3.63) is 35.9 Å². The van der Waals surface area contributed by atoms with E-state index in [0.717, 1.165) is 44.1 Å². The van der Waals surface area contributed by atoms with Crippen LogP contribution in [-0.2, 0) is 20.8 Å². The Morgan fingerprint density at radius 2 is 1.90 bits per heavy atom. The molecule has 2 rings (SSSR count). The molecule has 1 saturated heterocycles. The number of amides is 3. The topological polar surface area (TPSA) is 87.3 Å². The maximum absolute atomic E-state index is 13.0. The Morgan fingerprint density at radius 3 is 2.59 bits per heavy atom. The maximum atomic E-state index is 13.0. The van der Waals surface area contributed by atoms with E-state index in [0.29, 0.717) is 19.4 Å². The fraction of sp³-hybridized carbons (Fsp3) is 0.609. The Morgan fingerprint density at radius 1 is 1.14 bits per heavy atom. The lowest BCUT2D eigenvalue weighted by atomic mass is 9.97. The number of rotatable bonds is 10. The van der Waals surface area contributed by atoms with Gasteiger partial charge in [-0.15, -0.1) is 0 Å². The quantitative estimate of drug-likeness (QED) is 0.563. The van der Waals surface area contributed by atoms with E-state index in [2.05, 4.69) is 22.9 Å². The molecule has 1 aliphatic heterocycles. The summed E-state index contributed by atoms with van der Waals surface area (Å²) in [5, 5.41) is 8.67. The van der Waals surface area contributed by atoms with Crippen LogP contribution in [0.3, 0.4) is 0 Å². The van der Waals surface area contributed by atoms with Gasteiger partial charge in [-0.25, -0.2) is 0 Å². The minimum Gasteiger partial charge on any atom is -0.354 e. The minimum absolute atomic E-state index is 0.0812. The van der Waals surface area contributed by atoms with Crippen LogP contribution >= 0.6 is 0 Å². The van der Waals surface area contributed by atoms with Crippen molar-refractivity contribution in [1.29, 1.82) is 0 Å². The summed E-state index contributed by atoms with van der Waals surface area (Å²) >= 11 is 0. The van der Waals surface area contributed by atoms with E-state index in [9.17, 15) is 14.4 Å². The van der Waals surface area contributed by atoms with E-state index in [1.807, 2.05) is 37.3 Å². The van der Waals surface area contributed by atoms with Crippen LogP contribution in [-0.4, -0.2) is 36.3 Å². The third-order valence-electron chi connectivity index (χ3n) is 5.54. The van der Waals surface area contributed by atoms with E-state index in [1.54, 1.807) is 0 Å². The highest BCUT2D eigenvalue weighted by molar-refractivity contribution is 5.92. The molecule has 0 aromatic heterocycles. The zero-order valence-corrected chi connectivity index (χ0v) is 17.7. The molecule has 0 saturated carbocycles. The molecule has 3 N–H and O–H groups in total. The van der Waals surface area contributed by atoms with Crippen molar-refractivity contribution in [1.82, 2.24) is 16.0 Å². The molecule has 0 aliphatic carbocycles. The summed E-state index contributed by atoms with van der Waals surface area (Å²) in [6.45, 7) is 4.75. The molecule has 3 unspecified atom stereocenters. The molecule has 0 bridgehead atoms. The molecule has 3 atom stereocenters. The predicted molar refractivity (Wildman–Crippen MR) is 114 cm³/mol. The second kappa shape index (κ2) is 12.2. The summed E-state index contributed by atoms with van der Waals surface area (Å²) < 4.78 is 0. The molecule has 160 valence electrons. The second-order valence-electron chi connectivity index (χ2n) is 7.85. The van der Waals surface area contributed by atoms with Gasteiger partial charge in [0.15, 0.2) is 0 Å². The van der Waals surface area contributed by atoms with Gasteiger partial charge in [-0.3, -0.25) is 14.4 Å². The van der Waals surface area contributed by atoms with Crippen molar-refractivity contribution in [2.75, 3.05) is 6.54 Å². The molecular weight excluding hydrogens is 366 g/mol. The number of benzene rings is 1. The van der Waals surface area contributed by atoms with E-state index < -0.39 is 12.1 Å². The van der Waals surface area contributed by atoms with Crippen LogP contribution in [0.25, 0.3) is 0 Å². The summed E-state index contributed by atoms with van der Waals surface area (Å²) in [5.41, 5.74) is 0.972. The summed E-state index contributed by atoms with van der Waals surface area (Å²) in [6, 6.07) is 8.41. The van der Waals surface area contributed by atoms with Gasteiger partial charge in [0, 0.05) is 18.9 Å². The first-order chi connectivity index (χ1) is 14.0. The lowest BCUT2D eigenvalue weighted by molar-refractivity contribution is -0.133. The van der Waals surface area contributed by atoms with Crippen LogP contribution in [0.4, 0.5) is 0 Å². The molecule has 6 heteroatoms. The molecule has 6 nitrogen and oxygen atoms in total. The minimum atomic E-state index is -0.698. The fourth-order valence-corrected chi connectivity index (χ4v) is 3.67. The Bertz CT molecular complexity index is 663. The number of nitrogens with one attached hydrogen (secondary N) is 3. The molecular formula is C23H35N3O3. The van der Waals surface area contributed by atoms with Gasteiger partial charge in [0.25, 0.3) is 0 Å². The number of carbonyl (C=O) groups is 3. The van der Waals surface area contributed by atoms with E-state index in [-0.39, 0.29) is 23.6 Å². The summed E-state index contributed by atoms with van der Waals surface area (Å²) in [5.74, 6) is -0.617. The average molecular weight is 402 g/mol. The van der Waals surface area contributed by atoms with Gasteiger partial charge < -0.3 is 16.0 Å². The molecule has 1 fully saturated rings. The Labute approximate surface area is 174 Å². The van der Waals surface area contributed by atoms with Crippen molar-refractivity contribution in [2.45, 2.75) is 77.3 Å². The zero-order chi connectivity index (χ0) is 21.1. The van der Waals surface area contributed by atoms with E-state index in [1.165, 1.54) is 0 Å². The third-order valence-corrected chi connectivity index (χ3v) is 5.54.